The molecule has 7 nitrogen and oxygen atoms in total. The Labute approximate surface area is 179 Å². The third-order valence-electron chi connectivity index (χ3n) is 4.64. The van der Waals surface area contributed by atoms with Crippen LogP contribution in [0.3, 0.4) is 0 Å². The van der Waals surface area contributed by atoms with Crippen LogP contribution in [0.4, 0.5) is 0 Å². The Hall–Kier alpha value is -2.49. The highest BCUT2D eigenvalue weighted by atomic mass is 32.2. The molecule has 2 heterocycles. The fourth-order valence-corrected chi connectivity index (χ4v) is 4.32. The third kappa shape index (κ3) is 5.78. The standard InChI is InChI=1S/C21H23NO6S2/c1-13-8-17-15(11-27-19(17)9-14(13)2)10-21(24)28-12-18(23)20-5-4-16(29-20)6-7-22-30(3,25)26/h4-5,8-9,11,22H,6-7,10,12H2,1-3H3. The van der Waals surface area contributed by atoms with E-state index in [4.69, 9.17) is 9.15 Å². The molecule has 3 rings (SSSR count). The van der Waals surface area contributed by atoms with E-state index < -0.39 is 16.0 Å². The second kappa shape index (κ2) is 9.11. The number of ketones is 1. The maximum absolute atomic E-state index is 12.3. The zero-order valence-corrected chi connectivity index (χ0v) is 18.6. The van der Waals surface area contributed by atoms with Gasteiger partial charge in [0.05, 0.1) is 23.8 Å². The molecule has 30 heavy (non-hydrogen) atoms. The van der Waals surface area contributed by atoms with Crippen LogP contribution in [0.1, 0.15) is 31.2 Å². The van der Waals surface area contributed by atoms with Crippen LogP contribution in [0.25, 0.3) is 11.0 Å². The summed E-state index contributed by atoms with van der Waals surface area (Å²) in [6, 6.07) is 7.34. The highest BCUT2D eigenvalue weighted by Crippen LogP contribution is 2.25. The second-order valence-corrected chi connectivity index (χ2v) is 10.1. The predicted octanol–water partition coefficient (Wildman–Crippen LogP) is 3.17. The average molecular weight is 450 g/mol. The molecule has 9 heteroatoms. The molecule has 0 radical (unpaired) electrons. The van der Waals surface area contributed by atoms with Crippen molar-refractivity contribution in [2.45, 2.75) is 26.7 Å². The van der Waals surface area contributed by atoms with Gasteiger partial charge in [-0.3, -0.25) is 9.59 Å². The summed E-state index contributed by atoms with van der Waals surface area (Å²) in [5.74, 6) is -0.794. The lowest BCUT2D eigenvalue weighted by Gasteiger charge is -2.04. The minimum atomic E-state index is -3.24. The molecule has 0 aliphatic heterocycles. The summed E-state index contributed by atoms with van der Waals surface area (Å²) in [4.78, 5) is 25.8. The van der Waals surface area contributed by atoms with Gasteiger partial charge in [0.1, 0.15) is 5.58 Å². The summed E-state index contributed by atoms with van der Waals surface area (Å²) in [6.07, 6.45) is 3.15. The van der Waals surface area contributed by atoms with Crippen molar-refractivity contribution in [2.75, 3.05) is 19.4 Å². The number of carbonyl (C=O) groups is 2. The van der Waals surface area contributed by atoms with E-state index in [1.807, 2.05) is 26.0 Å². The molecular weight excluding hydrogens is 426 g/mol. The molecule has 0 aliphatic carbocycles. The topological polar surface area (TPSA) is 103 Å². The maximum Gasteiger partial charge on any atom is 0.310 e. The van der Waals surface area contributed by atoms with Crippen molar-refractivity contribution < 1.29 is 27.2 Å². The Morgan fingerprint density at radius 2 is 1.90 bits per heavy atom. The van der Waals surface area contributed by atoms with Gasteiger partial charge in [-0.2, -0.15) is 0 Å². The number of esters is 1. The van der Waals surface area contributed by atoms with Gasteiger partial charge in [-0.25, -0.2) is 13.1 Å². The van der Waals surface area contributed by atoms with Gasteiger partial charge in [0.15, 0.2) is 6.61 Å². The largest absolute Gasteiger partial charge is 0.464 e. The molecule has 3 aromatic rings. The Balaban J connectivity index is 1.53. The zero-order chi connectivity index (χ0) is 21.9. The molecule has 1 N–H and O–H groups in total. The lowest BCUT2D eigenvalue weighted by atomic mass is 10.0. The second-order valence-electron chi connectivity index (χ2n) is 7.14. The summed E-state index contributed by atoms with van der Waals surface area (Å²) in [5, 5.41) is 0.868. The number of nitrogens with one attached hydrogen (secondary N) is 1. The van der Waals surface area contributed by atoms with Crippen LogP contribution in [-0.4, -0.2) is 39.6 Å². The van der Waals surface area contributed by atoms with Crippen LogP contribution < -0.4 is 4.72 Å². The van der Waals surface area contributed by atoms with Crippen LogP contribution in [0, 0.1) is 13.8 Å². The Kier molecular flexibility index (Phi) is 6.74. The summed E-state index contributed by atoms with van der Waals surface area (Å²) in [5.41, 5.74) is 3.66. The minimum Gasteiger partial charge on any atom is -0.464 e. The molecule has 0 saturated carbocycles. The summed E-state index contributed by atoms with van der Waals surface area (Å²) in [6.45, 7) is 3.91. The number of carbonyl (C=O) groups excluding carboxylic acids is 2. The van der Waals surface area contributed by atoms with E-state index in [0.29, 0.717) is 16.9 Å². The van der Waals surface area contributed by atoms with Crippen LogP contribution in [0.5, 0.6) is 0 Å². The average Bonchev–Trinajstić information content (AvgIpc) is 3.27. The number of aryl methyl sites for hydroxylation is 2. The van der Waals surface area contributed by atoms with E-state index in [2.05, 4.69) is 4.72 Å². The van der Waals surface area contributed by atoms with Crippen LogP contribution in [0.15, 0.2) is 34.9 Å². The molecule has 0 spiro atoms. The minimum absolute atomic E-state index is 0.0234. The molecule has 2 aromatic heterocycles. The third-order valence-corrected chi connectivity index (χ3v) is 6.56. The molecule has 160 valence electrons. The van der Waals surface area contributed by atoms with Crippen molar-refractivity contribution in [2.24, 2.45) is 0 Å². The SMILES string of the molecule is Cc1cc2occ(CC(=O)OCC(=O)c3ccc(CCNS(C)(=O)=O)s3)c2cc1C. The van der Waals surface area contributed by atoms with Crippen molar-refractivity contribution >= 4 is 44.1 Å². The normalized spacial score (nSPS) is 11.7. The van der Waals surface area contributed by atoms with Gasteiger partial charge in [-0.15, -0.1) is 11.3 Å². The van der Waals surface area contributed by atoms with Crippen molar-refractivity contribution in [3.05, 3.63) is 57.0 Å². The number of rotatable bonds is 9. The molecule has 0 unspecified atom stereocenters. The van der Waals surface area contributed by atoms with Gasteiger partial charge >= 0.3 is 5.97 Å². The van der Waals surface area contributed by atoms with E-state index in [1.165, 1.54) is 11.3 Å². The number of thiophene rings is 1. The van der Waals surface area contributed by atoms with Crippen molar-refractivity contribution in [1.82, 2.24) is 4.72 Å². The number of hydrogen-bond donors (Lipinski definition) is 1. The van der Waals surface area contributed by atoms with Gasteiger partial charge in [0.25, 0.3) is 0 Å². The van der Waals surface area contributed by atoms with E-state index >= 15 is 0 Å². The summed E-state index contributed by atoms with van der Waals surface area (Å²) >= 11 is 1.26. The monoisotopic (exact) mass is 449 g/mol. The summed E-state index contributed by atoms with van der Waals surface area (Å²) < 4.78 is 35.3. The molecular formula is C21H23NO6S2. The molecule has 0 aliphatic rings. The number of Topliss-reactive ketones (excluding diaryl/α,β-unsaturated/α-hetero) is 1. The predicted molar refractivity (Wildman–Crippen MR) is 116 cm³/mol. The lowest BCUT2D eigenvalue weighted by Crippen LogP contribution is -2.24. The van der Waals surface area contributed by atoms with Gasteiger partial charge < -0.3 is 9.15 Å². The van der Waals surface area contributed by atoms with Gasteiger partial charge in [-0.1, -0.05) is 0 Å². The molecule has 0 bridgehead atoms. The fraction of sp³-hybridized carbons (Fsp3) is 0.333. The number of furan rings is 1. The first-order valence-corrected chi connectivity index (χ1v) is 12.0. The molecule has 0 saturated heterocycles. The van der Waals surface area contributed by atoms with Crippen LogP contribution >= 0.6 is 11.3 Å². The number of ether oxygens (including phenoxy) is 1. The van der Waals surface area contributed by atoms with E-state index in [1.54, 1.807) is 18.4 Å². The van der Waals surface area contributed by atoms with Crippen LogP contribution in [0.2, 0.25) is 0 Å². The quantitative estimate of drug-likeness (QED) is 0.398. The molecule has 0 atom stereocenters. The molecule has 1 aromatic carbocycles. The molecule has 0 amide bonds. The first-order chi connectivity index (χ1) is 14.1. The van der Waals surface area contributed by atoms with E-state index in [0.717, 1.165) is 33.2 Å². The Bertz CT molecular complexity index is 1190. The Morgan fingerprint density at radius 3 is 2.63 bits per heavy atom. The lowest BCUT2D eigenvalue weighted by molar-refractivity contribution is -0.141. The fourth-order valence-electron chi connectivity index (χ4n) is 2.92. The highest BCUT2D eigenvalue weighted by Gasteiger charge is 2.16. The first-order valence-electron chi connectivity index (χ1n) is 9.32. The van der Waals surface area contributed by atoms with Crippen molar-refractivity contribution in [1.29, 1.82) is 0 Å². The van der Waals surface area contributed by atoms with Gasteiger partial charge in [0.2, 0.25) is 15.8 Å². The number of fused-ring (bicyclic) bond motifs is 1. The van der Waals surface area contributed by atoms with Gasteiger partial charge in [-0.05, 0) is 55.7 Å². The van der Waals surface area contributed by atoms with Gasteiger partial charge in [0, 0.05) is 22.4 Å². The zero-order valence-electron chi connectivity index (χ0n) is 17.0. The number of sulfonamides is 1. The Morgan fingerprint density at radius 1 is 1.17 bits per heavy atom. The van der Waals surface area contributed by atoms with Crippen molar-refractivity contribution in [3.63, 3.8) is 0 Å². The van der Waals surface area contributed by atoms with E-state index in [9.17, 15) is 18.0 Å². The number of hydrogen-bond acceptors (Lipinski definition) is 7. The maximum atomic E-state index is 12.3. The molecule has 0 fully saturated rings. The smallest absolute Gasteiger partial charge is 0.310 e. The first kappa shape index (κ1) is 22.2. The van der Waals surface area contributed by atoms with E-state index in [-0.39, 0.29) is 25.4 Å². The number of benzene rings is 1. The highest BCUT2D eigenvalue weighted by molar-refractivity contribution is 7.88. The van der Waals surface area contributed by atoms with Crippen LogP contribution in [-0.2, 0) is 32.4 Å². The van der Waals surface area contributed by atoms with Crippen molar-refractivity contribution in [3.8, 4) is 0 Å². The summed E-state index contributed by atoms with van der Waals surface area (Å²) in [7, 11) is -3.24.